The van der Waals surface area contributed by atoms with Gasteiger partial charge in [-0.1, -0.05) is 54.6 Å². The van der Waals surface area contributed by atoms with Crippen LogP contribution in [-0.2, 0) is 0 Å². The van der Waals surface area contributed by atoms with Crippen molar-refractivity contribution in [3.63, 3.8) is 0 Å². The summed E-state index contributed by atoms with van der Waals surface area (Å²) in [6.07, 6.45) is 9.30. The van der Waals surface area contributed by atoms with Gasteiger partial charge in [0, 0.05) is 11.5 Å². The van der Waals surface area contributed by atoms with Crippen LogP contribution in [0.25, 0.3) is 0 Å². The summed E-state index contributed by atoms with van der Waals surface area (Å²) in [4.78, 5) is 8.66. The van der Waals surface area contributed by atoms with Crippen LogP contribution in [0.4, 0.5) is 0 Å². The topological polar surface area (TPSA) is 36.8 Å². The monoisotopic (exact) mass is 271 g/mol. The number of halogens is 1. The normalized spacial score (nSPS) is 25.5. The summed E-state index contributed by atoms with van der Waals surface area (Å²) < 4.78 is 0. The van der Waals surface area contributed by atoms with Crippen molar-refractivity contribution in [1.82, 2.24) is 5.32 Å². The Labute approximate surface area is 117 Å². The molecule has 1 aromatic carbocycles. The van der Waals surface area contributed by atoms with Gasteiger partial charge in [0.1, 0.15) is 12.0 Å². The van der Waals surface area contributed by atoms with Crippen molar-refractivity contribution in [2.24, 2.45) is 15.9 Å². The molecule has 0 aromatic heterocycles. The van der Waals surface area contributed by atoms with Gasteiger partial charge in [-0.3, -0.25) is 0 Å². The molecule has 0 spiro atoms. The van der Waals surface area contributed by atoms with E-state index in [0.717, 1.165) is 17.8 Å². The van der Waals surface area contributed by atoms with Crippen LogP contribution in [0.1, 0.15) is 12.0 Å². The molecule has 2 atom stereocenters. The van der Waals surface area contributed by atoms with E-state index in [-0.39, 0.29) is 6.17 Å². The second kappa shape index (κ2) is 5.41. The van der Waals surface area contributed by atoms with Gasteiger partial charge in [0.25, 0.3) is 0 Å². The molecule has 2 unspecified atom stereocenters. The number of nitrogens with zero attached hydrogens (tertiary/aromatic N) is 2. The molecule has 0 saturated carbocycles. The number of hydrogen-bond donors (Lipinski definition) is 1. The minimum absolute atomic E-state index is 0.0543. The predicted molar refractivity (Wildman–Crippen MR) is 79.6 cm³/mol. The van der Waals surface area contributed by atoms with E-state index in [1.807, 2.05) is 36.4 Å². The quantitative estimate of drug-likeness (QED) is 0.825. The lowest BCUT2D eigenvalue weighted by Gasteiger charge is -2.27. The molecule has 19 heavy (non-hydrogen) atoms. The number of benzene rings is 1. The summed E-state index contributed by atoms with van der Waals surface area (Å²) in [5.74, 6) is 1.10. The summed E-state index contributed by atoms with van der Waals surface area (Å²) in [7, 11) is 0. The molecule has 0 radical (unpaired) electrons. The Hall–Kier alpha value is -1.87. The van der Waals surface area contributed by atoms with E-state index in [4.69, 9.17) is 11.6 Å². The first kappa shape index (κ1) is 12.2. The molecule has 0 bridgehead atoms. The van der Waals surface area contributed by atoms with E-state index in [1.54, 1.807) is 0 Å². The average Bonchev–Trinajstić information content (AvgIpc) is 2.48. The smallest absolute Gasteiger partial charge is 0.221 e. The Morgan fingerprint density at radius 2 is 2.00 bits per heavy atom. The molecule has 1 aromatic rings. The summed E-state index contributed by atoms with van der Waals surface area (Å²) in [6, 6.07) is 9.97. The van der Waals surface area contributed by atoms with Crippen LogP contribution < -0.4 is 5.32 Å². The molecule has 3 rings (SSSR count). The van der Waals surface area contributed by atoms with Crippen LogP contribution in [0.3, 0.4) is 0 Å². The third-order valence-electron chi connectivity index (χ3n) is 3.20. The Kier molecular flexibility index (Phi) is 3.47. The molecule has 2 aliphatic rings. The first-order valence-corrected chi connectivity index (χ1v) is 6.68. The highest BCUT2D eigenvalue weighted by Gasteiger charge is 2.24. The largest absolute Gasteiger partial charge is 0.347 e. The fraction of sp³-hybridized carbons (Fsp3) is 0.200. The van der Waals surface area contributed by atoms with E-state index in [2.05, 4.69) is 33.5 Å². The third-order valence-corrected chi connectivity index (χ3v) is 3.38. The van der Waals surface area contributed by atoms with Crippen molar-refractivity contribution in [3.8, 4) is 0 Å². The van der Waals surface area contributed by atoms with E-state index in [1.165, 1.54) is 0 Å². The Morgan fingerprint density at radius 1 is 1.16 bits per heavy atom. The molecule has 0 saturated heterocycles. The molecule has 0 amide bonds. The lowest BCUT2D eigenvalue weighted by molar-refractivity contribution is 0.476. The average molecular weight is 272 g/mol. The van der Waals surface area contributed by atoms with Crippen molar-refractivity contribution >= 4 is 22.7 Å². The zero-order valence-corrected chi connectivity index (χ0v) is 11.1. The molecular weight excluding hydrogens is 258 g/mol. The third kappa shape index (κ3) is 2.76. The second-order valence-electron chi connectivity index (χ2n) is 4.53. The highest BCUT2D eigenvalue weighted by Crippen LogP contribution is 2.20. The Balaban J connectivity index is 1.83. The SMILES string of the molecule is ClC1=NC(C2C=CC=CC2)NC(c2ccccc2)=N1. The maximum Gasteiger partial charge on any atom is 0.221 e. The van der Waals surface area contributed by atoms with Gasteiger partial charge < -0.3 is 5.32 Å². The maximum absolute atomic E-state index is 6.06. The van der Waals surface area contributed by atoms with Gasteiger partial charge >= 0.3 is 0 Å². The van der Waals surface area contributed by atoms with Crippen molar-refractivity contribution < 1.29 is 0 Å². The van der Waals surface area contributed by atoms with Crippen LogP contribution in [0, 0.1) is 5.92 Å². The van der Waals surface area contributed by atoms with Crippen LogP contribution in [0.15, 0.2) is 64.6 Å². The summed E-state index contributed by atoms with van der Waals surface area (Å²) >= 11 is 6.06. The summed E-state index contributed by atoms with van der Waals surface area (Å²) in [6.45, 7) is 0. The van der Waals surface area contributed by atoms with Gasteiger partial charge in [-0.05, 0) is 18.0 Å². The van der Waals surface area contributed by atoms with E-state index in [9.17, 15) is 0 Å². The molecule has 1 aliphatic carbocycles. The lowest BCUT2D eigenvalue weighted by atomic mass is 9.97. The van der Waals surface area contributed by atoms with Gasteiger partial charge in [-0.2, -0.15) is 0 Å². The van der Waals surface area contributed by atoms with Crippen LogP contribution in [-0.4, -0.2) is 17.3 Å². The fourth-order valence-corrected chi connectivity index (χ4v) is 2.41. The molecule has 3 nitrogen and oxygen atoms in total. The van der Waals surface area contributed by atoms with Crippen LogP contribution in [0.2, 0.25) is 0 Å². The first-order valence-electron chi connectivity index (χ1n) is 6.30. The zero-order valence-electron chi connectivity index (χ0n) is 10.3. The highest BCUT2D eigenvalue weighted by molar-refractivity contribution is 6.66. The number of rotatable bonds is 2. The van der Waals surface area contributed by atoms with E-state index >= 15 is 0 Å². The lowest BCUT2D eigenvalue weighted by Crippen LogP contribution is -2.42. The maximum atomic E-state index is 6.06. The number of amidine groups is 2. The van der Waals surface area contributed by atoms with Crippen molar-refractivity contribution in [3.05, 3.63) is 60.2 Å². The zero-order chi connectivity index (χ0) is 13.1. The molecule has 0 fully saturated rings. The first-order chi connectivity index (χ1) is 9.33. The minimum Gasteiger partial charge on any atom is -0.347 e. The number of nitrogens with one attached hydrogen (secondary N) is 1. The van der Waals surface area contributed by atoms with Crippen molar-refractivity contribution in [2.75, 3.05) is 0 Å². The standard InChI is InChI=1S/C15H14ClN3/c16-15-18-13(11-7-3-1-4-8-11)17-14(19-15)12-9-5-2-6-10-12/h1-9,12,14H,10H2,(H,17,18,19). The van der Waals surface area contributed by atoms with E-state index < -0.39 is 0 Å². The molecular formula is C15H14ClN3. The fourth-order valence-electron chi connectivity index (χ4n) is 2.22. The minimum atomic E-state index is -0.0543. The van der Waals surface area contributed by atoms with Crippen molar-refractivity contribution in [2.45, 2.75) is 12.6 Å². The van der Waals surface area contributed by atoms with Gasteiger partial charge in [-0.25, -0.2) is 9.98 Å². The van der Waals surface area contributed by atoms with Gasteiger partial charge in [0.05, 0.1) is 0 Å². The van der Waals surface area contributed by atoms with Gasteiger partial charge in [0.2, 0.25) is 5.29 Å². The molecule has 1 N–H and O–H groups in total. The van der Waals surface area contributed by atoms with Gasteiger partial charge in [0.15, 0.2) is 0 Å². The second-order valence-corrected chi connectivity index (χ2v) is 4.86. The predicted octanol–water partition coefficient (Wildman–Crippen LogP) is 3.09. The Morgan fingerprint density at radius 3 is 2.74 bits per heavy atom. The van der Waals surface area contributed by atoms with E-state index in [0.29, 0.717) is 11.2 Å². The number of allylic oxidation sites excluding steroid dienone is 3. The number of hydrogen-bond acceptors (Lipinski definition) is 3. The number of aliphatic imine (C=N–C) groups is 2. The molecule has 1 heterocycles. The molecule has 96 valence electrons. The van der Waals surface area contributed by atoms with Crippen LogP contribution >= 0.6 is 11.6 Å². The van der Waals surface area contributed by atoms with Gasteiger partial charge in [-0.15, -0.1) is 0 Å². The summed E-state index contributed by atoms with van der Waals surface area (Å²) in [5.41, 5.74) is 1.02. The summed E-state index contributed by atoms with van der Waals surface area (Å²) in [5, 5.41) is 3.67. The molecule has 1 aliphatic heterocycles. The van der Waals surface area contributed by atoms with Crippen molar-refractivity contribution in [1.29, 1.82) is 0 Å². The Bertz CT molecular complexity index is 572. The molecule has 4 heteroatoms. The van der Waals surface area contributed by atoms with Crippen LogP contribution in [0.5, 0.6) is 0 Å². The highest BCUT2D eigenvalue weighted by atomic mass is 35.5.